The lowest BCUT2D eigenvalue weighted by atomic mass is 10.1. The third-order valence-corrected chi connectivity index (χ3v) is 6.08. The molecule has 1 saturated heterocycles. The Morgan fingerprint density at radius 1 is 1.28 bits per heavy atom. The molecule has 154 valence electrons. The smallest absolute Gasteiger partial charge is 0.257 e. The molecule has 1 fully saturated rings. The number of rotatable bonds is 4. The maximum Gasteiger partial charge on any atom is 0.257 e. The summed E-state index contributed by atoms with van der Waals surface area (Å²) in [4.78, 5) is 33.0. The minimum absolute atomic E-state index is 0.0281. The van der Waals surface area contributed by atoms with Crippen LogP contribution in [-0.4, -0.2) is 53.5 Å². The van der Waals surface area contributed by atoms with Gasteiger partial charge in [-0.3, -0.25) is 19.8 Å². The highest BCUT2D eigenvalue weighted by atomic mass is 32.1. The van der Waals surface area contributed by atoms with Gasteiger partial charge in [-0.2, -0.15) is 0 Å². The Hall–Kier alpha value is -2.29. The first-order valence-electron chi connectivity index (χ1n) is 9.93. The number of morpholine rings is 1. The predicted octanol–water partition coefficient (Wildman–Crippen LogP) is 2.91. The first-order chi connectivity index (χ1) is 13.9. The van der Waals surface area contributed by atoms with Gasteiger partial charge in [-0.05, 0) is 44.0 Å². The molecule has 1 aromatic heterocycles. The highest BCUT2D eigenvalue weighted by Crippen LogP contribution is 2.29. The monoisotopic (exact) mass is 414 g/mol. The maximum absolute atomic E-state index is 12.7. The number of benzene rings is 1. The molecule has 0 aliphatic carbocycles. The molecule has 0 saturated carbocycles. The first kappa shape index (κ1) is 20.0. The fraction of sp³-hybridized carbons (Fsp3) is 0.476. The molecular formula is C21H26N4O3S. The van der Waals surface area contributed by atoms with Gasteiger partial charge in [-0.15, -0.1) is 11.3 Å². The predicted molar refractivity (Wildman–Crippen MR) is 114 cm³/mol. The molecule has 4 rings (SSSR count). The average molecular weight is 415 g/mol. The summed E-state index contributed by atoms with van der Waals surface area (Å²) in [6.07, 6.45) is 1.21. The molecule has 8 heteroatoms. The minimum atomic E-state index is -0.177. The van der Waals surface area contributed by atoms with Crippen molar-refractivity contribution in [1.82, 2.24) is 9.88 Å². The number of anilines is 2. The average Bonchev–Trinajstić information content (AvgIpc) is 3.26. The molecule has 1 N–H and O–H groups in total. The van der Waals surface area contributed by atoms with E-state index in [9.17, 15) is 9.59 Å². The summed E-state index contributed by atoms with van der Waals surface area (Å²) in [5, 5.41) is 5.50. The largest absolute Gasteiger partial charge is 0.373 e. The van der Waals surface area contributed by atoms with E-state index in [1.165, 1.54) is 11.3 Å². The summed E-state index contributed by atoms with van der Waals surface area (Å²) < 4.78 is 5.77. The molecule has 2 unspecified atom stereocenters. The van der Waals surface area contributed by atoms with Gasteiger partial charge in [-0.1, -0.05) is 0 Å². The van der Waals surface area contributed by atoms with Crippen LogP contribution in [-0.2, 0) is 22.5 Å². The SMILES string of the molecule is CC(=O)N1CCc2cc(C(=O)Nc3nc(CN4CC(C)OC(C)C4)cs3)ccc21. The molecule has 1 aromatic carbocycles. The van der Waals surface area contributed by atoms with Crippen molar-refractivity contribution in [1.29, 1.82) is 0 Å². The number of thiazole rings is 1. The van der Waals surface area contributed by atoms with Crippen LogP contribution in [0.25, 0.3) is 0 Å². The van der Waals surface area contributed by atoms with Gasteiger partial charge in [0.15, 0.2) is 5.13 Å². The summed E-state index contributed by atoms with van der Waals surface area (Å²) in [6.45, 7) is 8.93. The van der Waals surface area contributed by atoms with Crippen molar-refractivity contribution in [3.05, 3.63) is 40.4 Å². The lowest BCUT2D eigenvalue weighted by molar-refractivity contribution is -0.116. The van der Waals surface area contributed by atoms with Crippen LogP contribution in [0.15, 0.2) is 23.6 Å². The van der Waals surface area contributed by atoms with Crippen LogP contribution < -0.4 is 10.2 Å². The summed E-state index contributed by atoms with van der Waals surface area (Å²) in [6, 6.07) is 5.49. The summed E-state index contributed by atoms with van der Waals surface area (Å²) >= 11 is 1.44. The second-order valence-corrected chi connectivity index (χ2v) is 8.67. The standard InChI is InChI=1S/C21H26N4O3S/c1-13-9-24(10-14(2)28-13)11-18-12-29-21(22-18)23-20(27)17-4-5-19-16(8-17)6-7-25(19)15(3)26/h4-5,8,12-14H,6-7,9-11H2,1-3H3,(H,22,23,27). The highest BCUT2D eigenvalue weighted by Gasteiger charge is 2.24. The van der Waals surface area contributed by atoms with E-state index in [0.29, 0.717) is 17.2 Å². The lowest BCUT2D eigenvalue weighted by Gasteiger charge is -2.34. The van der Waals surface area contributed by atoms with Gasteiger partial charge in [0.2, 0.25) is 5.91 Å². The fourth-order valence-corrected chi connectivity index (χ4v) is 4.82. The van der Waals surface area contributed by atoms with Crippen molar-refractivity contribution < 1.29 is 14.3 Å². The lowest BCUT2D eigenvalue weighted by Crippen LogP contribution is -2.44. The highest BCUT2D eigenvalue weighted by molar-refractivity contribution is 7.14. The Morgan fingerprint density at radius 3 is 2.76 bits per heavy atom. The van der Waals surface area contributed by atoms with Gasteiger partial charge in [0.05, 0.1) is 17.9 Å². The van der Waals surface area contributed by atoms with Crippen molar-refractivity contribution in [2.24, 2.45) is 0 Å². The summed E-state index contributed by atoms with van der Waals surface area (Å²) in [5.74, 6) is -0.149. The van der Waals surface area contributed by atoms with Crippen LogP contribution in [0.5, 0.6) is 0 Å². The molecule has 0 spiro atoms. The number of aromatic nitrogens is 1. The van der Waals surface area contributed by atoms with Gasteiger partial charge >= 0.3 is 0 Å². The molecule has 2 amide bonds. The van der Waals surface area contributed by atoms with Gasteiger partial charge in [-0.25, -0.2) is 4.98 Å². The van der Waals surface area contributed by atoms with E-state index in [1.807, 2.05) is 17.5 Å². The van der Waals surface area contributed by atoms with E-state index in [2.05, 4.69) is 29.0 Å². The van der Waals surface area contributed by atoms with Crippen LogP contribution in [0.2, 0.25) is 0 Å². The molecular weight excluding hydrogens is 388 g/mol. The van der Waals surface area contributed by atoms with Crippen LogP contribution in [0.1, 0.15) is 42.4 Å². The van der Waals surface area contributed by atoms with Crippen LogP contribution in [0.4, 0.5) is 10.8 Å². The molecule has 7 nitrogen and oxygen atoms in total. The molecule has 0 bridgehead atoms. The van der Waals surface area contributed by atoms with E-state index in [4.69, 9.17) is 4.74 Å². The van der Waals surface area contributed by atoms with E-state index in [0.717, 1.165) is 43.0 Å². The van der Waals surface area contributed by atoms with Gasteiger partial charge < -0.3 is 9.64 Å². The number of hydrogen-bond donors (Lipinski definition) is 1. The van der Waals surface area contributed by atoms with Crippen molar-refractivity contribution in [2.45, 2.75) is 45.9 Å². The fourth-order valence-electron chi connectivity index (χ4n) is 4.12. The van der Waals surface area contributed by atoms with E-state index >= 15 is 0 Å². The molecule has 2 aliphatic heterocycles. The summed E-state index contributed by atoms with van der Waals surface area (Å²) in [7, 11) is 0. The van der Waals surface area contributed by atoms with Crippen LogP contribution in [0.3, 0.4) is 0 Å². The second-order valence-electron chi connectivity index (χ2n) is 7.81. The molecule has 2 aliphatic rings. The molecule has 29 heavy (non-hydrogen) atoms. The minimum Gasteiger partial charge on any atom is -0.373 e. The third kappa shape index (κ3) is 4.49. The Kier molecular flexibility index (Phi) is 5.67. The molecule has 0 radical (unpaired) electrons. The number of carbonyl (C=O) groups is 2. The number of fused-ring (bicyclic) bond motifs is 1. The molecule has 2 atom stereocenters. The third-order valence-electron chi connectivity index (χ3n) is 5.27. The topological polar surface area (TPSA) is 74.8 Å². The number of nitrogens with one attached hydrogen (secondary N) is 1. The number of hydrogen-bond acceptors (Lipinski definition) is 6. The number of ether oxygens (including phenoxy) is 1. The molecule has 2 aromatic rings. The number of nitrogens with zero attached hydrogens (tertiary/aromatic N) is 3. The van der Waals surface area contributed by atoms with Crippen molar-refractivity contribution in [2.75, 3.05) is 29.9 Å². The van der Waals surface area contributed by atoms with Crippen molar-refractivity contribution in [3.8, 4) is 0 Å². The zero-order valence-electron chi connectivity index (χ0n) is 17.0. The maximum atomic E-state index is 12.7. The van der Waals surface area contributed by atoms with E-state index in [-0.39, 0.29) is 24.0 Å². The first-order valence-corrected chi connectivity index (χ1v) is 10.8. The number of carbonyl (C=O) groups excluding carboxylic acids is 2. The van der Waals surface area contributed by atoms with Gasteiger partial charge in [0.25, 0.3) is 5.91 Å². The van der Waals surface area contributed by atoms with Crippen LogP contribution >= 0.6 is 11.3 Å². The Labute approximate surface area is 174 Å². The quantitative estimate of drug-likeness (QED) is 0.833. The van der Waals surface area contributed by atoms with E-state index in [1.54, 1.807) is 17.9 Å². The zero-order chi connectivity index (χ0) is 20.5. The normalized spacial score (nSPS) is 21.8. The molecule has 3 heterocycles. The van der Waals surface area contributed by atoms with Crippen molar-refractivity contribution >= 4 is 34.0 Å². The van der Waals surface area contributed by atoms with Gasteiger partial charge in [0.1, 0.15) is 0 Å². The van der Waals surface area contributed by atoms with Crippen molar-refractivity contribution in [3.63, 3.8) is 0 Å². The summed E-state index contributed by atoms with van der Waals surface area (Å²) in [5.41, 5.74) is 3.47. The Balaban J connectivity index is 1.39. The second kappa shape index (κ2) is 8.22. The Bertz CT molecular complexity index is 918. The van der Waals surface area contributed by atoms with E-state index < -0.39 is 0 Å². The van der Waals surface area contributed by atoms with Gasteiger partial charge in [0, 0.05) is 49.7 Å². The zero-order valence-corrected chi connectivity index (χ0v) is 17.8. The number of amides is 2. The Morgan fingerprint density at radius 2 is 2.03 bits per heavy atom. The van der Waals surface area contributed by atoms with Crippen LogP contribution in [0, 0.1) is 0 Å².